The first kappa shape index (κ1) is 17.5. The Morgan fingerprint density at radius 1 is 1.60 bits per heavy atom. The number of urea groups is 1. The molecule has 20 heavy (non-hydrogen) atoms. The first-order chi connectivity index (χ1) is 9.11. The van der Waals surface area contributed by atoms with Crippen molar-refractivity contribution >= 4 is 28.4 Å². The Morgan fingerprint density at radius 2 is 2.35 bits per heavy atom. The van der Waals surface area contributed by atoms with Gasteiger partial charge >= 0.3 is 6.03 Å². The molecule has 1 atom stereocenters. The zero-order chi connectivity index (χ0) is 13.8. The van der Waals surface area contributed by atoms with Crippen molar-refractivity contribution in [3.05, 3.63) is 18.0 Å². The van der Waals surface area contributed by atoms with Gasteiger partial charge in [-0.2, -0.15) is 6.42 Å². The Balaban J connectivity index is 0.00000200. The second-order valence-electron chi connectivity index (χ2n) is 4.34. The fourth-order valence-corrected chi connectivity index (χ4v) is 2.87. The molecule has 6 nitrogen and oxygen atoms in total. The van der Waals surface area contributed by atoms with Crippen LogP contribution in [-0.2, 0) is 43.9 Å². The van der Waals surface area contributed by atoms with Gasteiger partial charge in [0, 0.05) is 44.4 Å². The number of amides is 3. The summed E-state index contributed by atoms with van der Waals surface area (Å²) in [6.07, 6.45) is 5.81. The number of thiazole rings is 1. The molecule has 0 unspecified atom stereocenters. The first-order valence-corrected chi connectivity index (χ1v) is 6.97. The van der Waals surface area contributed by atoms with E-state index in [4.69, 9.17) is 5.73 Å². The van der Waals surface area contributed by atoms with Crippen LogP contribution in [0.4, 0.5) is 9.93 Å². The van der Waals surface area contributed by atoms with Gasteiger partial charge in [0.1, 0.15) is 6.04 Å². The number of carbonyl (C=O) groups is 2. The van der Waals surface area contributed by atoms with Crippen LogP contribution in [0.5, 0.6) is 0 Å². The van der Waals surface area contributed by atoms with E-state index in [1.165, 1.54) is 16.2 Å². The number of hydrogen-bond donors (Lipinski definition) is 2. The van der Waals surface area contributed by atoms with Gasteiger partial charge in [0.15, 0.2) is 0 Å². The molecule has 107 valence electrons. The van der Waals surface area contributed by atoms with Crippen molar-refractivity contribution in [2.75, 3.05) is 11.9 Å². The topological polar surface area (TPSA) is 88.3 Å². The molecule has 8 heteroatoms. The van der Waals surface area contributed by atoms with Gasteiger partial charge in [0.2, 0.25) is 5.91 Å². The molecule has 1 aliphatic heterocycles. The van der Waals surface area contributed by atoms with Gasteiger partial charge in [-0.25, -0.2) is 16.1 Å². The van der Waals surface area contributed by atoms with E-state index in [1.807, 2.05) is 0 Å². The number of nitrogens with two attached hydrogens (primary N) is 1. The van der Waals surface area contributed by atoms with Crippen LogP contribution in [0.25, 0.3) is 0 Å². The Bertz CT molecular complexity index is 480. The largest absolute Gasteiger partial charge is 0.427 e. The fourth-order valence-electron chi connectivity index (χ4n) is 2.07. The molecule has 2 rings (SSSR count). The van der Waals surface area contributed by atoms with Gasteiger partial charge in [-0.05, 0) is 12.8 Å². The Hall–Kier alpha value is -0.526. The number of anilines is 1. The summed E-state index contributed by atoms with van der Waals surface area (Å²) in [6, 6.07) is -0.839. The average Bonchev–Trinajstić information content (AvgIpc) is 2.98. The summed E-state index contributed by atoms with van der Waals surface area (Å²) in [4.78, 5) is 29.7. The van der Waals surface area contributed by atoms with Crippen LogP contribution in [0.2, 0.25) is 0 Å². The molecule has 0 bridgehead atoms. The molecule has 0 saturated carbocycles. The monoisotopic (exact) mass is 369 g/mol. The number of aromatic nitrogens is 1. The number of nitrogens with zero attached hydrogens (tertiary/aromatic N) is 2. The van der Waals surface area contributed by atoms with Crippen LogP contribution in [0.3, 0.4) is 0 Å². The maximum Gasteiger partial charge on any atom is 0.308 e. The predicted molar refractivity (Wildman–Crippen MR) is 72.6 cm³/mol. The number of hydrogen-bond acceptors (Lipinski definition) is 4. The zero-order valence-electron chi connectivity index (χ0n) is 11.1. The second kappa shape index (κ2) is 8.05. The molecule has 1 radical (unpaired) electrons. The van der Waals surface area contributed by atoms with E-state index < -0.39 is 11.9 Å². The van der Waals surface area contributed by atoms with Crippen molar-refractivity contribution in [3.8, 4) is 0 Å². The standard InChI is InChI=1S/C12H16N4O2S.Y/c1-2-4-8-7-14-11(19-8)15-12(18)16-6-3-5-9(16)10(13)17;/h9H,1-6H2,(H2,13,17)(H,14,15,18);/q-2;/t9-;/m0./s1. The van der Waals surface area contributed by atoms with Crippen molar-refractivity contribution in [1.82, 2.24) is 9.88 Å². The van der Waals surface area contributed by atoms with Crippen LogP contribution >= 0.6 is 11.3 Å². The van der Waals surface area contributed by atoms with E-state index in [2.05, 4.69) is 23.4 Å². The zero-order valence-corrected chi connectivity index (χ0v) is 14.7. The van der Waals surface area contributed by atoms with Crippen LogP contribution in [0.1, 0.15) is 24.1 Å². The molecule has 3 N–H and O–H groups in total. The van der Waals surface area contributed by atoms with Crippen molar-refractivity contribution in [1.29, 1.82) is 0 Å². The Labute approximate surface area is 147 Å². The first-order valence-electron chi connectivity index (χ1n) is 6.15. The van der Waals surface area contributed by atoms with Crippen molar-refractivity contribution < 1.29 is 42.3 Å². The minimum absolute atomic E-state index is 0. The molecule has 0 spiro atoms. The van der Waals surface area contributed by atoms with Gasteiger partial charge in [-0.3, -0.25) is 4.79 Å². The number of carbonyl (C=O) groups excluding carboxylic acids is 2. The van der Waals surface area contributed by atoms with Crippen LogP contribution in [0.15, 0.2) is 0 Å². The van der Waals surface area contributed by atoms with Gasteiger partial charge in [0.25, 0.3) is 0 Å². The van der Waals surface area contributed by atoms with E-state index in [-0.39, 0.29) is 38.7 Å². The van der Waals surface area contributed by atoms with E-state index >= 15 is 0 Å². The minimum atomic E-state index is -0.511. The van der Waals surface area contributed by atoms with E-state index in [0.717, 1.165) is 24.1 Å². The SMILES string of the molecule is [CH2-]CCc1[c-]nc(NC(=O)N2CCC[C@H]2C(N)=O)s1.[Y]. The molecule has 0 aromatic carbocycles. The van der Waals surface area contributed by atoms with Crippen LogP contribution in [-0.4, -0.2) is 34.4 Å². The summed E-state index contributed by atoms with van der Waals surface area (Å²) in [6.45, 7) is 4.30. The van der Waals surface area contributed by atoms with Gasteiger partial charge < -0.3 is 27.9 Å². The minimum Gasteiger partial charge on any atom is -0.427 e. The number of rotatable bonds is 4. The summed E-state index contributed by atoms with van der Waals surface area (Å²) >= 11 is 1.37. The summed E-state index contributed by atoms with van der Waals surface area (Å²) < 4.78 is 0. The van der Waals surface area contributed by atoms with E-state index in [1.54, 1.807) is 0 Å². The molecular weight excluding hydrogens is 353 g/mol. The quantitative estimate of drug-likeness (QED) is 0.782. The van der Waals surface area contributed by atoms with E-state index in [0.29, 0.717) is 18.1 Å². The normalized spacial score (nSPS) is 17.6. The molecule has 1 fully saturated rings. The Kier molecular flexibility index (Phi) is 7.05. The third-order valence-corrected chi connectivity index (χ3v) is 3.89. The smallest absolute Gasteiger partial charge is 0.308 e. The predicted octanol–water partition coefficient (Wildman–Crippen LogP) is 1.19. The summed E-state index contributed by atoms with van der Waals surface area (Å²) in [5.41, 5.74) is 5.28. The molecular formula is C12H16N4O2SY-2. The van der Waals surface area contributed by atoms with Gasteiger partial charge in [-0.1, -0.05) is 11.3 Å². The molecule has 1 aliphatic rings. The average molecular weight is 369 g/mol. The van der Waals surface area contributed by atoms with Crippen molar-refractivity contribution in [2.24, 2.45) is 5.73 Å². The van der Waals surface area contributed by atoms with Gasteiger partial charge in [-0.15, -0.1) is 6.20 Å². The molecule has 1 aromatic rings. The third-order valence-electron chi connectivity index (χ3n) is 2.96. The van der Waals surface area contributed by atoms with E-state index in [9.17, 15) is 9.59 Å². The number of aryl methyl sites for hydroxylation is 1. The molecule has 3 amide bonds. The summed E-state index contributed by atoms with van der Waals surface area (Å²) in [5, 5.41) is 3.17. The number of primary amides is 1. The molecule has 2 heterocycles. The number of nitrogens with one attached hydrogen (secondary N) is 1. The number of likely N-dealkylation sites (tertiary alicyclic amines) is 1. The third kappa shape index (κ3) is 4.23. The molecule has 1 aromatic heterocycles. The van der Waals surface area contributed by atoms with Crippen molar-refractivity contribution in [3.63, 3.8) is 0 Å². The van der Waals surface area contributed by atoms with Crippen LogP contribution < -0.4 is 11.1 Å². The maximum absolute atomic E-state index is 12.0. The maximum atomic E-state index is 12.0. The summed E-state index contributed by atoms with van der Waals surface area (Å²) in [7, 11) is 0. The second-order valence-corrected chi connectivity index (χ2v) is 5.43. The molecule has 1 saturated heterocycles. The van der Waals surface area contributed by atoms with Crippen molar-refractivity contribution in [2.45, 2.75) is 31.7 Å². The van der Waals surface area contributed by atoms with Crippen LogP contribution in [0, 0.1) is 13.1 Å². The Morgan fingerprint density at radius 3 is 3.00 bits per heavy atom. The summed E-state index contributed by atoms with van der Waals surface area (Å²) in [5.74, 6) is -0.462. The fraction of sp³-hybridized carbons (Fsp3) is 0.500. The molecule has 0 aliphatic carbocycles. The van der Waals surface area contributed by atoms with Gasteiger partial charge in [0.05, 0.1) is 0 Å².